The van der Waals surface area contributed by atoms with E-state index in [-0.39, 0.29) is 6.42 Å². The van der Waals surface area contributed by atoms with Crippen LogP contribution in [0.1, 0.15) is 5.56 Å². The second-order valence-electron chi connectivity index (χ2n) is 3.70. The van der Waals surface area contributed by atoms with Gasteiger partial charge in [0.2, 0.25) is 5.91 Å². The predicted octanol–water partition coefficient (Wildman–Crippen LogP) is 1.33. The molecule has 90 valence electrons. The lowest BCUT2D eigenvalue weighted by molar-refractivity contribution is -0.147. The van der Waals surface area contributed by atoms with Crippen molar-refractivity contribution >= 4 is 11.9 Å². The van der Waals surface area contributed by atoms with E-state index >= 15 is 0 Å². The highest BCUT2D eigenvalue weighted by atomic mass is 16.4. The third kappa shape index (κ3) is 3.45. The SMILES string of the molecule is C=CC(=O)N(C)[C@@H](Cc1ccccc1)C(=O)O. The fourth-order valence-corrected chi connectivity index (χ4v) is 1.52. The van der Waals surface area contributed by atoms with E-state index < -0.39 is 17.9 Å². The Bertz CT molecular complexity index is 414. The number of carbonyl (C=O) groups excluding carboxylic acids is 1. The molecular weight excluding hydrogens is 218 g/mol. The largest absolute Gasteiger partial charge is 0.480 e. The standard InChI is InChI=1S/C13H15NO3/c1-3-12(15)14(2)11(13(16)17)9-10-7-5-4-6-8-10/h3-8,11H,1,9H2,2H3,(H,16,17)/t11-/m0/s1. The number of aliphatic carboxylic acids is 1. The summed E-state index contributed by atoms with van der Waals surface area (Å²) in [5.74, 6) is -1.42. The van der Waals surface area contributed by atoms with Crippen LogP contribution in [0.15, 0.2) is 43.0 Å². The Morgan fingerprint density at radius 1 is 1.41 bits per heavy atom. The molecule has 0 aliphatic rings. The number of carboxylic acid groups (broad SMARTS) is 1. The molecule has 1 rings (SSSR count). The monoisotopic (exact) mass is 233 g/mol. The summed E-state index contributed by atoms with van der Waals surface area (Å²) >= 11 is 0. The molecule has 0 aromatic heterocycles. The number of hydrogen-bond acceptors (Lipinski definition) is 2. The van der Waals surface area contributed by atoms with Gasteiger partial charge in [0.1, 0.15) is 6.04 Å². The van der Waals surface area contributed by atoms with E-state index in [0.717, 1.165) is 11.6 Å². The highest BCUT2D eigenvalue weighted by molar-refractivity contribution is 5.90. The summed E-state index contributed by atoms with van der Waals surface area (Å²) in [6.07, 6.45) is 1.40. The maximum atomic E-state index is 11.4. The van der Waals surface area contributed by atoms with Gasteiger partial charge < -0.3 is 10.0 Å². The summed E-state index contributed by atoms with van der Waals surface area (Å²) in [6, 6.07) is 8.33. The van der Waals surface area contributed by atoms with Crippen molar-refractivity contribution in [3.63, 3.8) is 0 Å². The van der Waals surface area contributed by atoms with E-state index in [4.69, 9.17) is 5.11 Å². The number of rotatable bonds is 5. The molecule has 17 heavy (non-hydrogen) atoms. The smallest absolute Gasteiger partial charge is 0.326 e. The summed E-state index contributed by atoms with van der Waals surface area (Å²) in [4.78, 5) is 23.7. The summed E-state index contributed by atoms with van der Waals surface area (Å²) in [7, 11) is 1.46. The molecule has 1 aromatic carbocycles. The van der Waals surface area contributed by atoms with Gasteiger partial charge in [-0.05, 0) is 11.6 Å². The first-order valence-electron chi connectivity index (χ1n) is 5.22. The summed E-state index contributed by atoms with van der Waals surface area (Å²) in [5.41, 5.74) is 0.878. The van der Waals surface area contributed by atoms with Crippen molar-refractivity contribution in [2.75, 3.05) is 7.05 Å². The summed E-state index contributed by atoms with van der Waals surface area (Å²) in [6.45, 7) is 3.35. The van der Waals surface area contributed by atoms with Gasteiger partial charge in [0.25, 0.3) is 0 Å². The van der Waals surface area contributed by atoms with Crippen LogP contribution >= 0.6 is 0 Å². The first-order chi connectivity index (χ1) is 8.06. The third-order valence-corrected chi connectivity index (χ3v) is 2.55. The molecule has 0 heterocycles. The maximum Gasteiger partial charge on any atom is 0.326 e. The number of hydrogen-bond donors (Lipinski definition) is 1. The van der Waals surface area contributed by atoms with Crippen molar-refractivity contribution < 1.29 is 14.7 Å². The zero-order valence-corrected chi connectivity index (χ0v) is 9.67. The average molecular weight is 233 g/mol. The van der Waals surface area contributed by atoms with Gasteiger partial charge in [-0.1, -0.05) is 36.9 Å². The lowest BCUT2D eigenvalue weighted by atomic mass is 10.1. The van der Waals surface area contributed by atoms with Crippen molar-refractivity contribution in [2.24, 2.45) is 0 Å². The van der Waals surface area contributed by atoms with Gasteiger partial charge in [-0.25, -0.2) is 4.79 Å². The van der Waals surface area contributed by atoms with Crippen LogP contribution in [0, 0.1) is 0 Å². The van der Waals surface area contributed by atoms with Crippen LogP contribution in [-0.4, -0.2) is 35.0 Å². The molecule has 0 unspecified atom stereocenters. The Balaban J connectivity index is 2.84. The zero-order chi connectivity index (χ0) is 12.8. The molecule has 1 atom stereocenters. The molecule has 4 nitrogen and oxygen atoms in total. The number of benzene rings is 1. The van der Waals surface area contributed by atoms with Gasteiger partial charge in [-0.15, -0.1) is 0 Å². The normalized spacial score (nSPS) is 11.6. The van der Waals surface area contributed by atoms with E-state index in [2.05, 4.69) is 6.58 Å². The molecule has 1 N–H and O–H groups in total. The van der Waals surface area contributed by atoms with E-state index in [1.54, 1.807) is 0 Å². The van der Waals surface area contributed by atoms with Crippen molar-refractivity contribution in [1.82, 2.24) is 4.90 Å². The number of likely N-dealkylation sites (N-methyl/N-ethyl adjacent to an activating group) is 1. The first kappa shape index (κ1) is 13.0. The third-order valence-electron chi connectivity index (χ3n) is 2.55. The highest BCUT2D eigenvalue weighted by Crippen LogP contribution is 2.08. The molecule has 1 amide bonds. The molecule has 1 aromatic rings. The molecule has 0 saturated heterocycles. The fourth-order valence-electron chi connectivity index (χ4n) is 1.52. The van der Waals surface area contributed by atoms with Gasteiger partial charge in [-0.2, -0.15) is 0 Å². The maximum absolute atomic E-state index is 11.4. The molecule has 0 radical (unpaired) electrons. The van der Waals surface area contributed by atoms with Crippen LogP contribution < -0.4 is 0 Å². The van der Waals surface area contributed by atoms with Crippen LogP contribution in [0.4, 0.5) is 0 Å². The van der Waals surface area contributed by atoms with Gasteiger partial charge in [0, 0.05) is 13.5 Å². The second-order valence-corrected chi connectivity index (χ2v) is 3.70. The molecule has 0 spiro atoms. The molecule has 0 saturated carbocycles. The number of amides is 1. The van der Waals surface area contributed by atoms with Crippen molar-refractivity contribution in [2.45, 2.75) is 12.5 Å². The van der Waals surface area contributed by atoms with Crippen LogP contribution in [0.3, 0.4) is 0 Å². The van der Waals surface area contributed by atoms with E-state index in [1.165, 1.54) is 11.9 Å². The Labute approximate surface area is 100 Å². The minimum atomic E-state index is -1.02. The molecular formula is C13H15NO3. The molecule has 4 heteroatoms. The number of nitrogens with zero attached hydrogens (tertiary/aromatic N) is 1. The minimum Gasteiger partial charge on any atom is -0.480 e. The molecule has 0 aliphatic heterocycles. The highest BCUT2D eigenvalue weighted by Gasteiger charge is 2.25. The van der Waals surface area contributed by atoms with E-state index in [0.29, 0.717) is 0 Å². The van der Waals surface area contributed by atoms with Crippen molar-refractivity contribution in [1.29, 1.82) is 0 Å². The van der Waals surface area contributed by atoms with Gasteiger partial charge in [0.15, 0.2) is 0 Å². The van der Waals surface area contributed by atoms with Gasteiger partial charge in [-0.3, -0.25) is 4.79 Å². The van der Waals surface area contributed by atoms with Crippen LogP contribution in [0.2, 0.25) is 0 Å². The molecule has 0 bridgehead atoms. The van der Waals surface area contributed by atoms with Gasteiger partial charge >= 0.3 is 5.97 Å². The first-order valence-corrected chi connectivity index (χ1v) is 5.22. The lowest BCUT2D eigenvalue weighted by Crippen LogP contribution is -2.43. The Morgan fingerprint density at radius 2 is 2.00 bits per heavy atom. The van der Waals surface area contributed by atoms with E-state index in [1.807, 2.05) is 30.3 Å². The summed E-state index contributed by atoms with van der Waals surface area (Å²) in [5, 5.41) is 9.12. The van der Waals surface area contributed by atoms with Gasteiger partial charge in [0.05, 0.1) is 0 Å². The quantitative estimate of drug-likeness (QED) is 0.780. The molecule has 0 fully saturated rings. The number of carboxylic acids is 1. The van der Waals surface area contributed by atoms with Crippen LogP contribution in [0.5, 0.6) is 0 Å². The van der Waals surface area contributed by atoms with Crippen LogP contribution in [-0.2, 0) is 16.0 Å². The molecule has 0 aliphatic carbocycles. The second kappa shape index (κ2) is 5.84. The Hall–Kier alpha value is -2.10. The van der Waals surface area contributed by atoms with E-state index in [9.17, 15) is 9.59 Å². The lowest BCUT2D eigenvalue weighted by Gasteiger charge is -2.23. The Morgan fingerprint density at radius 3 is 2.47 bits per heavy atom. The average Bonchev–Trinajstić information content (AvgIpc) is 2.35. The zero-order valence-electron chi connectivity index (χ0n) is 9.67. The fraction of sp³-hybridized carbons (Fsp3) is 0.231. The minimum absolute atomic E-state index is 0.284. The van der Waals surface area contributed by atoms with Crippen molar-refractivity contribution in [3.8, 4) is 0 Å². The predicted molar refractivity (Wildman–Crippen MR) is 64.5 cm³/mol. The van der Waals surface area contributed by atoms with Crippen LogP contribution in [0.25, 0.3) is 0 Å². The Kier molecular flexibility index (Phi) is 4.46. The van der Waals surface area contributed by atoms with Crippen molar-refractivity contribution in [3.05, 3.63) is 48.6 Å². The summed E-state index contributed by atoms with van der Waals surface area (Å²) < 4.78 is 0. The number of carbonyl (C=O) groups is 2. The topological polar surface area (TPSA) is 57.6 Å².